The molecule has 0 aliphatic heterocycles. The molecule has 0 saturated heterocycles. The largest absolute Gasteiger partial charge is 0.508 e. The number of benzene rings is 2. The third kappa shape index (κ3) is 3.60. The van der Waals surface area contributed by atoms with Crippen molar-refractivity contribution in [2.75, 3.05) is 0 Å². The smallest absolute Gasteiger partial charge is 0.335 e. The van der Waals surface area contributed by atoms with E-state index < -0.39 is 5.97 Å². The van der Waals surface area contributed by atoms with E-state index in [2.05, 4.69) is 5.32 Å². The topological polar surface area (TPSA) is 86.6 Å². The number of carboxylic acids is 1. The van der Waals surface area contributed by atoms with Gasteiger partial charge in [-0.3, -0.25) is 4.79 Å². The van der Waals surface area contributed by atoms with Gasteiger partial charge in [0.2, 0.25) is 0 Å². The maximum absolute atomic E-state index is 12.0. The lowest BCUT2D eigenvalue weighted by Crippen LogP contribution is -2.22. The van der Waals surface area contributed by atoms with Crippen molar-refractivity contribution in [2.45, 2.75) is 13.5 Å². The minimum atomic E-state index is -0.981. The number of nitrogens with one attached hydrogen (secondary N) is 1. The second-order valence-electron chi connectivity index (χ2n) is 4.69. The second kappa shape index (κ2) is 6.09. The van der Waals surface area contributed by atoms with E-state index >= 15 is 0 Å². The molecule has 2 rings (SSSR count). The first-order valence-electron chi connectivity index (χ1n) is 6.37. The summed E-state index contributed by atoms with van der Waals surface area (Å²) in [6.07, 6.45) is 0. The highest BCUT2D eigenvalue weighted by Crippen LogP contribution is 2.16. The van der Waals surface area contributed by atoms with Crippen LogP contribution in [0.5, 0.6) is 5.75 Å². The zero-order valence-corrected chi connectivity index (χ0v) is 11.5. The van der Waals surface area contributed by atoms with E-state index in [0.29, 0.717) is 17.7 Å². The summed E-state index contributed by atoms with van der Waals surface area (Å²) in [5.41, 5.74) is 2.11. The molecule has 2 aromatic rings. The summed E-state index contributed by atoms with van der Waals surface area (Å²) in [6, 6.07) is 10.9. The minimum Gasteiger partial charge on any atom is -0.508 e. The van der Waals surface area contributed by atoms with E-state index in [-0.39, 0.29) is 17.2 Å². The van der Waals surface area contributed by atoms with Crippen LogP contribution in [0.1, 0.15) is 31.8 Å². The lowest BCUT2D eigenvalue weighted by atomic mass is 10.1. The standard InChI is InChI=1S/C16H15NO4/c1-10-8-13(6-7-14(10)18)15(19)17-9-11-2-4-12(5-3-11)16(20)21/h2-8,18H,9H2,1H3,(H,17,19)(H,20,21). The SMILES string of the molecule is Cc1cc(C(=O)NCc2ccc(C(=O)O)cc2)ccc1O. The van der Waals surface area contributed by atoms with Crippen molar-refractivity contribution in [2.24, 2.45) is 0 Å². The van der Waals surface area contributed by atoms with Crippen molar-refractivity contribution in [1.82, 2.24) is 5.32 Å². The predicted octanol–water partition coefficient (Wildman–Crippen LogP) is 2.33. The zero-order valence-electron chi connectivity index (χ0n) is 11.5. The molecule has 5 heteroatoms. The maximum atomic E-state index is 12.0. The van der Waals surface area contributed by atoms with Crippen molar-refractivity contribution in [3.63, 3.8) is 0 Å². The Hall–Kier alpha value is -2.82. The molecule has 2 aromatic carbocycles. The summed E-state index contributed by atoms with van der Waals surface area (Å²) in [4.78, 5) is 22.7. The van der Waals surface area contributed by atoms with Crippen LogP contribution in [0, 0.1) is 6.92 Å². The molecular weight excluding hydrogens is 270 g/mol. The van der Waals surface area contributed by atoms with Gasteiger partial charge in [-0.25, -0.2) is 4.79 Å². The summed E-state index contributed by atoms with van der Waals surface area (Å²) in [7, 11) is 0. The number of carbonyl (C=O) groups is 2. The summed E-state index contributed by atoms with van der Waals surface area (Å²) in [5, 5.41) is 21.0. The van der Waals surface area contributed by atoms with Crippen molar-refractivity contribution in [3.05, 3.63) is 64.7 Å². The van der Waals surface area contributed by atoms with Crippen LogP contribution in [0.4, 0.5) is 0 Å². The fraction of sp³-hybridized carbons (Fsp3) is 0.125. The van der Waals surface area contributed by atoms with Crippen LogP contribution in [0.3, 0.4) is 0 Å². The lowest BCUT2D eigenvalue weighted by Gasteiger charge is -2.07. The van der Waals surface area contributed by atoms with Gasteiger partial charge in [0.15, 0.2) is 0 Å². The molecule has 0 aromatic heterocycles. The summed E-state index contributed by atoms with van der Waals surface area (Å²) >= 11 is 0. The van der Waals surface area contributed by atoms with Gasteiger partial charge in [-0.1, -0.05) is 12.1 Å². The summed E-state index contributed by atoms with van der Waals surface area (Å²) in [5.74, 6) is -1.08. The Morgan fingerprint density at radius 1 is 1.05 bits per heavy atom. The quantitative estimate of drug-likeness (QED) is 0.804. The average molecular weight is 285 g/mol. The van der Waals surface area contributed by atoms with Gasteiger partial charge in [-0.15, -0.1) is 0 Å². The predicted molar refractivity (Wildman–Crippen MR) is 77.4 cm³/mol. The molecule has 0 spiro atoms. The van der Waals surface area contributed by atoms with Gasteiger partial charge in [0.1, 0.15) is 5.75 Å². The molecule has 5 nitrogen and oxygen atoms in total. The van der Waals surface area contributed by atoms with Crippen LogP contribution < -0.4 is 5.32 Å². The van der Waals surface area contributed by atoms with Crippen LogP contribution in [0.15, 0.2) is 42.5 Å². The number of aromatic hydroxyl groups is 1. The second-order valence-corrected chi connectivity index (χ2v) is 4.69. The van der Waals surface area contributed by atoms with Gasteiger partial charge in [0.05, 0.1) is 5.56 Å². The van der Waals surface area contributed by atoms with Crippen LogP contribution in [-0.2, 0) is 6.54 Å². The molecule has 0 radical (unpaired) electrons. The van der Waals surface area contributed by atoms with E-state index in [0.717, 1.165) is 5.56 Å². The highest BCUT2D eigenvalue weighted by Gasteiger charge is 2.07. The molecule has 108 valence electrons. The Balaban J connectivity index is 2.00. The number of phenols is 1. The fourth-order valence-corrected chi connectivity index (χ4v) is 1.85. The third-order valence-corrected chi connectivity index (χ3v) is 3.11. The average Bonchev–Trinajstić information content (AvgIpc) is 2.48. The highest BCUT2D eigenvalue weighted by atomic mass is 16.4. The van der Waals surface area contributed by atoms with E-state index in [1.165, 1.54) is 18.2 Å². The Bertz CT molecular complexity index is 677. The van der Waals surface area contributed by atoms with E-state index in [4.69, 9.17) is 5.11 Å². The number of aryl methyl sites for hydroxylation is 1. The number of hydrogen-bond acceptors (Lipinski definition) is 3. The summed E-state index contributed by atoms with van der Waals surface area (Å²) < 4.78 is 0. The van der Waals surface area contributed by atoms with Crippen molar-refractivity contribution in [3.8, 4) is 5.75 Å². The monoisotopic (exact) mass is 285 g/mol. The molecule has 0 atom stereocenters. The van der Waals surface area contributed by atoms with Gasteiger partial charge >= 0.3 is 5.97 Å². The van der Waals surface area contributed by atoms with Gasteiger partial charge in [0, 0.05) is 12.1 Å². The first kappa shape index (κ1) is 14.6. The number of carboxylic acid groups (broad SMARTS) is 1. The number of aromatic carboxylic acids is 1. The van der Waals surface area contributed by atoms with E-state index in [1.807, 2.05) is 0 Å². The van der Waals surface area contributed by atoms with E-state index in [9.17, 15) is 14.7 Å². The fourth-order valence-electron chi connectivity index (χ4n) is 1.85. The van der Waals surface area contributed by atoms with Gasteiger partial charge in [-0.2, -0.15) is 0 Å². The number of amides is 1. The molecule has 0 bridgehead atoms. The van der Waals surface area contributed by atoms with Crippen LogP contribution in [-0.4, -0.2) is 22.1 Å². The molecule has 0 saturated carbocycles. The van der Waals surface area contributed by atoms with Crippen LogP contribution in [0.2, 0.25) is 0 Å². The summed E-state index contributed by atoms with van der Waals surface area (Å²) in [6.45, 7) is 2.02. The number of rotatable bonds is 4. The third-order valence-electron chi connectivity index (χ3n) is 3.11. The molecule has 1 amide bonds. The Labute approximate surface area is 121 Å². The van der Waals surface area contributed by atoms with Crippen LogP contribution in [0.25, 0.3) is 0 Å². The van der Waals surface area contributed by atoms with E-state index in [1.54, 1.807) is 31.2 Å². The molecule has 21 heavy (non-hydrogen) atoms. The Morgan fingerprint density at radius 3 is 2.24 bits per heavy atom. The molecule has 0 heterocycles. The zero-order chi connectivity index (χ0) is 15.4. The Morgan fingerprint density at radius 2 is 1.67 bits per heavy atom. The molecule has 0 fully saturated rings. The molecular formula is C16H15NO4. The maximum Gasteiger partial charge on any atom is 0.335 e. The van der Waals surface area contributed by atoms with Crippen molar-refractivity contribution in [1.29, 1.82) is 0 Å². The molecule has 0 aliphatic rings. The van der Waals surface area contributed by atoms with Crippen molar-refractivity contribution >= 4 is 11.9 Å². The van der Waals surface area contributed by atoms with Gasteiger partial charge in [-0.05, 0) is 48.4 Å². The van der Waals surface area contributed by atoms with Gasteiger partial charge < -0.3 is 15.5 Å². The first-order chi connectivity index (χ1) is 9.97. The van der Waals surface area contributed by atoms with Gasteiger partial charge in [0.25, 0.3) is 5.91 Å². The number of hydrogen-bond donors (Lipinski definition) is 3. The molecule has 0 aliphatic carbocycles. The minimum absolute atomic E-state index is 0.149. The van der Waals surface area contributed by atoms with Crippen LogP contribution >= 0.6 is 0 Å². The Kier molecular flexibility index (Phi) is 4.23. The molecule has 0 unspecified atom stereocenters. The lowest BCUT2D eigenvalue weighted by molar-refractivity contribution is 0.0696. The highest BCUT2D eigenvalue weighted by molar-refractivity contribution is 5.94. The van der Waals surface area contributed by atoms with Crippen molar-refractivity contribution < 1.29 is 19.8 Å². The number of phenolic OH excluding ortho intramolecular Hbond substituents is 1. The number of carbonyl (C=O) groups excluding carboxylic acids is 1. The first-order valence-corrected chi connectivity index (χ1v) is 6.37. The normalized spacial score (nSPS) is 10.1. The molecule has 3 N–H and O–H groups in total.